The standard InChI is InChI=1S/C22H25N5O3/c28-20(9-14-1-2-14)26-7-5-15(6-8-26)21-24-22(30-25-21)16-3-4-17-11-23-27(19(17)10-16)18-12-29-13-18/h3-4,10-11,14-15,18H,1-2,5-9,12-13H2. The summed E-state index contributed by atoms with van der Waals surface area (Å²) < 4.78 is 12.9. The molecule has 1 amide bonds. The zero-order valence-corrected chi connectivity index (χ0v) is 16.9. The highest BCUT2D eigenvalue weighted by molar-refractivity contribution is 5.83. The molecule has 0 bridgehead atoms. The molecule has 0 radical (unpaired) electrons. The summed E-state index contributed by atoms with van der Waals surface area (Å²) >= 11 is 0. The van der Waals surface area contributed by atoms with E-state index in [-0.39, 0.29) is 5.92 Å². The Morgan fingerprint density at radius 3 is 2.70 bits per heavy atom. The van der Waals surface area contributed by atoms with E-state index in [1.807, 2.05) is 27.9 Å². The van der Waals surface area contributed by atoms with Crippen molar-refractivity contribution in [3.8, 4) is 11.5 Å². The maximum absolute atomic E-state index is 12.3. The maximum atomic E-state index is 12.3. The lowest BCUT2D eigenvalue weighted by Crippen LogP contribution is -2.38. The second kappa shape index (κ2) is 7.19. The third-order valence-electron chi connectivity index (χ3n) is 6.63. The monoisotopic (exact) mass is 407 g/mol. The first-order valence-electron chi connectivity index (χ1n) is 10.9. The minimum Gasteiger partial charge on any atom is -0.377 e. The van der Waals surface area contributed by atoms with E-state index in [9.17, 15) is 4.79 Å². The number of piperidine rings is 1. The van der Waals surface area contributed by atoms with Gasteiger partial charge in [0.05, 0.1) is 31.0 Å². The van der Waals surface area contributed by atoms with Crippen molar-refractivity contribution in [2.45, 2.75) is 44.1 Å². The quantitative estimate of drug-likeness (QED) is 0.646. The second-order valence-corrected chi connectivity index (χ2v) is 8.81. The van der Waals surface area contributed by atoms with Gasteiger partial charge >= 0.3 is 0 Å². The van der Waals surface area contributed by atoms with Gasteiger partial charge in [0.1, 0.15) is 0 Å². The van der Waals surface area contributed by atoms with Gasteiger partial charge in [-0.25, -0.2) is 0 Å². The molecule has 0 atom stereocenters. The average Bonchev–Trinajstić information content (AvgIpc) is 3.25. The van der Waals surface area contributed by atoms with Crippen LogP contribution < -0.4 is 0 Å². The van der Waals surface area contributed by atoms with Gasteiger partial charge in [0, 0.05) is 36.4 Å². The molecule has 0 spiro atoms. The first-order valence-corrected chi connectivity index (χ1v) is 10.9. The lowest BCUT2D eigenvalue weighted by atomic mass is 9.96. The van der Waals surface area contributed by atoms with E-state index in [0.29, 0.717) is 37.0 Å². The van der Waals surface area contributed by atoms with E-state index in [1.54, 1.807) is 0 Å². The number of ether oxygens (including phenoxy) is 1. The number of benzene rings is 1. The molecule has 2 aromatic heterocycles. The number of nitrogens with zero attached hydrogens (tertiary/aromatic N) is 5. The minimum atomic E-state index is 0.244. The zero-order chi connectivity index (χ0) is 20.1. The molecule has 8 heteroatoms. The van der Waals surface area contributed by atoms with Crippen LogP contribution in [0.4, 0.5) is 0 Å². The van der Waals surface area contributed by atoms with E-state index < -0.39 is 0 Å². The highest BCUT2D eigenvalue weighted by Gasteiger charge is 2.31. The fraction of sp³-hybridized carbons (Fsp3) is 0.545. The summed E-state index contributed by atoms with van der Waals surface area (Å²) in [5.41, 5.74) is 1.96. The number of rotatable bonds is 5. The molecule has 0 N–H and O–H groups in total. The van der Waals surface area contributed by atoms with Gasteiger partial charge in [0.25, 0.3) is 5.89 Å². The smallest absolute Gasteiger partial charge is 0.258 e. The largest absolute Gasteiger partial charge is 0.377 e. The fourth-order valence-electron chi connectivity index (χ4n) is 4.43. The molecule has 6 rings (SSSR count). The van der Waals surface area contributed by atoms with Crippen molar-refractivity contribution in [3.63, 3.8) is 0 Å². The van der Waals surface area contributed by atoms with E-state index in [4.69, 9.17) is 14.2 Å². The molecular formula is C22H25N5O3. The molecule has 1 aliphatic carbocycles. The van der Waals surface area contributed by atoms with Crippen molar-refractivity contribution in [1.29, 1.82) is 0 Å². The van der Waals surface area contributed by atoms with Crippen molar-refractivity contribution >= 4 is 16.8 Å². The van der Waals surface area contributed by atoms with Crippen LogP contribution in [0, 0.1) is 5.92 Å². The SMILES string of the molecule is O=C(CC1CC1)N1CCC(c2noc(-c3ccc4cnn(C5COC5)c4c3)n2)CC1. The third-order valence-corrected chi connectivity index (χ3v) is 6.63. The lowest BCUT2D eigenvalue weighted by molar-refractivity contribution is -0.132. The lowest BCUT2D eigenvalue weighted by Gasteiger charge is -2.30. The Hall–Kier alpha value is -2.74. The molecule has 30 heavy (non-hydrogen) atoms. The van der Waals surface area contributed by atoms with Crippen molar-refractivity contribution in [1.82, 2.24) is 24.8 Å². The van der Waals surface area contributed by atoms with Gasteiger partial charge in [-0.2, -0.15) is 10.1 Å². The number of carbonyl (C=O) groups is 1. The summed E-state index contributed by atoms with van der Waals surface area (Å²) in [4.78, 5) is 19.0. The van der Waals surface area contributed by atoms with Crippen LogP contribution in [0.5, 0.6) is 0 Å². The molecule has 1 aromatic carbocycles. The zero-order valence-electron chi connectivity index (χ0n) is 16.9. The number of hydrogen-bond donors (Lipinski definition) is 0. The topological polar surface area (TPSA) is 86.3 Å². The van der Waals surface area contributed by atoms with Crippen molar-refractivity contribution in [2.24, 2.45) is 5.92 Å². The van der Waals surface area contributed by atoms with E-state index in [1.165, 1.54) is 12.8 Å². The summed E-state index contributed by atoms with van der Waals surface area (Å²) in [7, 11) is 0. The third kappa shape index (κ3) is 3.29. The van der Waals surface area contributed by atoms with Crippen molar-refractivity contribution in [3.05, 3.63) is 30.2 Å². The van der Waals surface area contributed by atoms with Crippen LogP contribution in [0.3, 0.4) is 0 Å². The van der Waals surface area contributed by atoms with E-state index >= 15 is 0 Å². The number of likely N-dealkylation sites (tertiary alicyclic amines) is 1. The fourth-order valence-corrected chi connectivity index (χ4v) is 4.43. The number of aromatic nitrogens is 4. The molecule has 3 aromatic rings. The summed E-state index contributed by atoms with van der Waals surface area (Å²) in [6.07, 6.45) is 6.83. The summed E-state index contributed by atoms with van der Waals surface area (Å²) in [6, 6.07) is 6.41. The Bertz CT molecular complexity index is 1070. The predicted molar refractivity (Wildman–Crippen MR) is 109 cm³/mol. The second-order valence-electron chi connectivity index (χ2n) is 8.81. The van der Waals surface area contributed by atoms with Crippen LogP contribution >= 0.6 is 0 Å². The van der Waals surface area contributed by atoms with Gasteiger partial charge in [0.15, 0.2) is 5.82 Å². The van der Waals surface area contributed by atoms with E-state index in [2.05, 4.69) is 16.3 Å². The molecular weight excluding hydrogens is 382 g/mol. The Morgan fingerprint density at radius 2 is 1.97 bits per heavy atom. The van der Waals surface area contributed by atoms with E-state index in [0.717, 1.165) is 54.6 Å². The number of carbonyl (C=O) groups excluding carboxylic acids is 1. The first kappa shape index (κ1) is 18.1. The van der Waals surface area contributed by atoms with Crippen LogP contribution in [-0.2, 0) is 9.53 Å². The minimum absolute atomic E-state index is 0.244. The van der Waals surface area contributed by atoms with Crippen molar-refractivity contribution < 1.29 is 14.1 Å². The average molecular weight is 407 g/mol. The number of amides is 1. The molecule has 1 saturated carbocycles. The molecule has 0 unspecified atom stereocenters. The van der Waals surface area contributed by atoms with Gasteiger partial charge in [-0.3, -0.25) is 9.48 Å². The van der Waals surface area contributed by atoms with Gasteiger partial charge in [-0.05, 0) is 43.7 Å². The molecule has 8 nitrogen and oxygen atoms in total. The summed E-state index contributed by atoms with van der Waals surface area (Å²) in [5, 5.41) is 9.87. The number of fused-ring (bicyclic) bond motifs is 1. The highest BCUT2D eigenvalue weighted by atomic mass is 16.5. The molecule has 3 fully saturated rings. The summed E-state index contributed by atoms with van der Waals surface area (Å²) in [6.45, 7) is 2.98. The molecule has 156 valence electrons. The molecule has 2 saturated heterocycles. The Balaban J connectivity index is 1.16. The Morgan fingerprint density at radius 1 is 1.13 bits per heavy atom. The van der Waals surface area contributed by atoms with Crippen LogP contribution in [-0.4, -0.2) is 57.0 Å². The molecule has 4 heterocycles. The maximum Gasteiger partial charge on any atom is 0.258 e. The Kier molecular flexibility index (Phi) is 4.33. The normalized spacial score (nSPS) is 20.6. The molecule has 2 aliphatic heterocycles. The number of hydrogen-bond acceptors (Lipinski definition) is 6. The van der Waals surface area contributed by atoms with Gasteiger partial charge in [0.2, 0.25) is 5.91 Å². The summed E-state index contributed by atoms with van der Waals surface area (Å²) in [5.74, 6) is 2.48. The van der Waals surface area contributed by atoms with Crippen molar-refractivity contribution in [2.75, 3.05) is 26.3 Å². The molecule has 3 aliphatic rings. The van der Waals surface area contributed by atoms with Crippen LogP contribution in [0.2, 0.25) is 0 Å². The first-order chi connectivity index (χ1) is 14.7. The Labute approximate surface area is 174 Å². The van der Waals surface area contributed by atoms with Crippen LogP contribution in [0.1, 0.15) is 49.9 Å². The van der Waals surface area contributed by atoms with Gasteiger partial charge in [-0.15, -0.1) is 0 Å². The van der Waals surface area contributed by atoms with Gasteiger partial charge < -0.3 is 14.2 Å². The predicted octanol–water partition coefficient (Wildman–Crippen LogP) is 3.16. The van der Waals surface area contributed by atoms with Crippen LogP contribution in [0.15, 0.2) is 28.9 Å². The van der Waals surface area contributed by atoms with Gasteiger partial charge in [-0.1, -0.05) is 11.2 Å². The van der Waals surface area contributed by atoms with Crippen LogP contribution in [0.25, 0.3) is 22.4 Å². The highest BCUT2D eigenvalue weighted by Crippen LogP contribution is 2.34.